The largest absolute Gasteiger partial charge is 0.398 e. The molecule has 0 amide bonds. The Morgan fingerprint density at radius 2 is 1.97 bits per heavy atom. The van der Waals surface area contributed by atoms with E-state index in [-0.39, 0.29) is 0 Å². The lowest BCUT2D eigenvalue weighted by Crippen LogP contribution is -2.31. The highest BCUT2D eigenvalue weighted by Gasteiger charge is 2.18. The molecule has 0 radical (unpaired) electrons. The molecule has 3 heteroatoms. The Hall–Kier alpha value is -3.20. The van der Waals surface area contributed by atoms with E-state index in [1.54, 1.807) is 0 Å². The highest BCUT2D eigenvalue weighted by molar-refractivity contribution is 5.73. The van der Waals surface area contributed by atoms with Gasteiger partial charge in [-0.2, -0.15) is 0 Å². The van der Waals surface area contributed by atoms with Gasteiger partial charge in [-0.15, -0.1) is 0 Å². The minimum absolute atomic E-state index is 0.719. The molecule has 0 aromatic heterocycles. The lowest BCUT2D eigenvalue weighted by atomic mass is 9.89. The number of nitrogens with zero attached hydrogens (tertiary/aromatic N) is 1. The van der Waals surface area contributed by atoms with Crippen molar-refractivity contribution in [1.29, 1.82) is 0 Å². The van der Waals surface area contributed by atoms with Crippen molar-refractivity contribution in [1.82, 2.24) is 5.32 Å². The summed E-state index contributed by atoms with van der Waals surface area (Å²) >= 11 is 0. The normalized spacial score (nSPS) is 15.7. The summed E-state index contributed by atoms with van der Waals surface area (Å²) in [7, 11) is 4.19. The first-order chi connectivity index (χ1) is 14.6. The Kier molecular flexibility index (Phi) is 5.80. The molecule has 0 saturated carbocycles. The van der Waals surface area contributed by atoms with Gasteiger partial charge >= 0.3 is 0 Å². The van der Waals surface area contributed by atoms with Crippen LogP contribution in [0.1, 0.15) is 36.5 Å². The van der Waals surface area contributed by atoms with E-state index in [0.717, 1.165) is 37.1 Å². The number of hydrogen-bond donors (Lipinski definition) is 2. The maximum atomic E-state index is 6.27. The van der Waals surface area contributed by atoms with Crippen LogP contribution in [0.5, 0.6) is 0 Å². The first-order valence-corrected chi connectivity index (χ1v) is 10.8. The van der Waals surface area contributed by atoms with Crippen molar-refractivity contribution in [3.8, 4) is 0 Å². The number of hydrogen-bond acceptors (Lipinski definition) is 3. The third kappa shape index (κ3) is 4.06. The van der Waals surface area contributed by atoms with Crippen LogP contribution in [-0.2, 0) is 6.42 Å². The molecule has 0 spiro atoms. The van der Waals surface area contributed by atoms with Gasteiger partial charge in [0, 0.05) is 48.5 Å². The second kappa shape index (κ2) is 8.66. The summed E-state index contributed by atoms with van der Waals surface area (Å²) in [5.41, 5.74) is 14.7. The summed E-state index contributed by atoms with van der Waals surface area (Å²) in [5, 5.41) is 6.33. The highest BCUT2D eigenvalue weighted by Crippen LogP contribution is 2.27. The Bertz CT molecular complexity index is 1160. The third-order valence-corrected chi connectivity index (χ3v) is 5.83. The van der Waals surface area contributed by atoms with E-state index in [1.807, 2.05) is 12.2 Å². The van der Waals surface area contributed by atoms with E-state index in [2.05, 4.69) is 85.9 Å². The van der Waals surface area contributed by atoms with Crippen molar-refractivity contribution in [2.75, 3.05) is 25.5 Å². The molecule has 4 rings (SSSR count). The second-order valence-electron chi connectivity index (χ2n) is 8.19. The average molecular weight is 398 g/mol. The van der Waals surface area contributed by atoms with Gasteiger partial charge in [0.05, 0.1) is 0 Å². The molecule has 0 atom stereocenters. The molecule has 0 unspecified atom stereocenters. The number of allylic oxidation sites excluding steroid dienone is 4. The summed E-state index contributed by atoms with van der Waals surface area (Å²) < 4.78 is 0. The molecule has 154 valence electrons. The first kappa shape index (κ1) is 20.1. The highest BCUT2D eigenvalue weighted by atomic mass is 15.1. The molecule has 2 aliphatic carbocycles. The maximum absolute atomic E-state index is 6.27. The lowest BCUT2D eigenvalue weighted by molar-refractivity contribution is 0.928. The zero-order valence-corrected chi connectivity index (χ0v) is 18.2. The van der Waals surface area contributed by atoms with Crippen LogP contribution in [0.4, 0.5) is 5.69 Å². The van der Waals surface area contributed by atoms with Crippen LogP contribution in [0.3, 0.4) is 0 Å². The SMILES string of the molecule is CC/C=c1/ccc2c(c1)Cc1cc(N(C)C)ccc1C=2NCC1=CCC=CC=C1N. The van der Waals surface area contributed by atoms with E-state index in [9.17, 15) is 0 Å². The van der Waals surface area contributed by atoms with Crippen molar-refractivity contribution < 1.29 is 0 Å². The molecule has 0 saturated heterocycles. The van der Waals surface area contributed by atoms with Crippen LogP contribution in [0.25, 0.3) is 11.8 Å². The van der Waals surface area contributed by atoms with Crippen molar-refractivity contribution in [3.05, 3.63) is 99.1 Å². The van der Waals surface area contributed by atoms with Crippen LogP contribution >= 0.6 is 0 Å². The van der Waals surface area contributed by atoms with Crippen LogP contribution < -0.4 is 26.4 Å². The monoisotopic (exact) mass is 397 g/mol. The number of nitrogens with two attached hydrogens (primary N) is 1. The molecule has 30 heavy (non-hydrogen) atoms. The number of fused-ring (bicyclic) bond motifs is 2. The summed E-state index contributed by atoms with van der Waals surface area (Å²) in [6, 6.07) is 13.6. The van der Waals surface area contributed by atoms with Crippen LogP contribution in [0.2, 0.25) is 0 Å². The zero-order chi connectivity index (χ0) is 21.1. The molecular formula is C27H31N3. The van der Waals surface area contributed by atoms with Crippen molar-refractivity contribution >= 4 is 17.5 Å². The molecule has 2 aromatic rings. The molecule has 2 aliphatic rings. The van der Waals surface area contributed by atoms with Gasteiger partial charge in [-0.1, -0.05) is 55.5 Å². The molecule has 0 aliphatic heterocycles. The molecule has 3 nitrogen and oxygen atoms in total. The number of rotatable bonds is 5. The summed E-state index contributed by atoms with van der Waals surface area (Å²) in [4.78, 5) is 2.17. The topological polar surface area (TPSA) is 41.3 Å². The van der Waals surface area contributed by atoms with Gasteiger partial charge in [0.1, 0.15) is 0 Å². The Morgan fingerprint density at radius 3 is 2.77 bits per heavy atom. The second-order valence-corrected chi connectivity index (χ2v) is 8.19. The minimum atomic E-state index is 0.719. The Morgan fingerprint density at radius 1 is 1.10 bits per heavy atom. The predicted octanol–water partition coefficient (Wildman–Crippen LogP) is 3.32. The molecule has 3 N–H and O–H groups in total. The van der Waals surface area contributed by atoms with Gasteiger partial charge in [-0.25, -0.2) is 0 Å². The van der Waals surface area contributed by atoms with Gasteiger partial charge < -0.3 is 16.0 Å². The minimum Gasteiger partial charge on any atom is -0.398 e. The van der Waals surface area contributed by atoms with Crippen molar-refractivity contribution in [3.63, 3.8) is 0 Å². The number of anilines is 1. The Balaban J connectivity index is 1.79. The van der Waals surface area contributed by atoms with E-state index < -0.39 is 0 Å². The van der Waals surface area contributed by atoms with Gasteiger partial charge in [-0.05, 0) is 59.4 Å². The summed E-state index contributed by atoms with van der Waals surface area (Å²) in [6.07, 6.45) is 13.6. The standard InChI is InChI=1S/C27H31N3/c1-4-8-19-11-13-24-21(15-19)16-22-17-23(30(2)3)12-14-25(22)27(24)29-18-20-9-6-5-7-10-26(20)28/h5,7-15,17,29H,4,6,16,18,28H2,1-3H3/b19-8-. The van der Waals surface area contributed by atoms with E-state index in [0.29, 0.717) is 0 Å². The van der Waals surface area contributed by atoms with Gasteiger partial charge in [0.15, 0.2) is 0 Å². The number of benzene rings is 2. The fourth-order valence-electron chi connectivity index (χ4n) is 4.20. The fourth-order valence-corrected chi connectivity index (χ4v) is 4.20. The summed E-state index contributed by atoms with van der Waals surface area (Å²) in [5.74, 6) is 0. The lowest BCUT2D eigenvalue weighted by Gasteiger charge is -2.24. The van der Waals surface area contributed by atoms with Crippen LogP contribution in [-0.4, -0.2) is 20.6 Å². The van der Waals surface area contributed by atoms with Gasteiger partial charge in [-0.3, -0.25) is 0 Å². The van der Waals surface area contributed by atoms with Crippen LogP contribution in [0.15, 0.2) is 72.0 Å². The average Bonchev–Trinajstić information content (AvgIpc) is 2.94. The predicted molar refractivity (Wildman–Crippen MR) is 129 cm³/mol. The Labute approximate surface area is 179 Å². The molecule has 0 fully saturated rings. The van der Waals surface area contributed by atoms with Gasteiger partial charge in [0.2, 0.25) is 0 Å². The maximum Gasteiger partial charge on any atom is 0.0495 e. The van der Waals surface area contributed by atoms with E-state index in [1.165, 1.54) is 38.5 Å². The summed E-state index contributed by atoms with van der Waals surface area (Å²) in [6.45, 7) is 2.90. The van der Waals surface area contributed by atoms with Crippen molar-refractivity contribution in [2.45, 2.75) is 26.2 Å². The third-order valence-electron chi connectivity index (χ3n) is 5.83. The number of nitrogens with one attached hydrogen (secondary N) is 1. The van der Waals surface area contributed by atoms with E-state index in [4.69, 9.17) is 5.73 Å². The first-order valence-electron chi connectivity index (χ1n) is 10.8. The molecule has 0 heterocycles. The molecular weight excluding hydrogens is 366 g/mol. The fraction of sp³-hybridized carbons (Fsp3) is 0.259. The zero-order valence-electron chi connectivity index (χ0n) is 18.2. The molecule has 0 bridgehead atoms. The van der Waals surface area contributed by atoms with Crippen molar-refractivity contribution in [2.24, 2.45) is 5.73 Å². The van der Waals surface area contributed by atoms with E-state index >= 15 is 0 Å². The van der Waals surface area contributed by atoms with Crippen LogP contribution in [0, 0.1) is 0 Å². The van der Waals surface area contributed by atoms with Gasteiger partial charge in [0.25, 0.3) is 0 Å². The quantitative estimate of drug-likeness (QED) is 0.813. The molecule has 2 aromatic carbocycles. The smallest absolute Gasteiger partial charge is 0.0495 e.